The highest BCUT2D eigenvalue weighted by Crippen LogP contribution is 2.21. The maximum Gasteiger partial charge on any atom is 0.337 e. The molecule has 0 spiro atoms. The third-order valence-electron chi connectivity index (χ3n) is 2.34. The third kappa shape index (κ3) is 3.43. The van der Waals surface area contributed by atoms with Crippen molar-refractivity contribution in [2.45, 2.75) is 20.4 Å². The summed E-state index contributed by atoms with van der Waals surface area (Å²) in [5.41, 5.74) is -0.0994. The predicted molar refractivity (Wildman–Crippen MR) is 65.1 cm³/mol. The van der Waals surface area contributed by atoms with Crippen LogP contribution in [-0.2, 0) is 11.3 Å². The van der Waals surface area contributed by atoms with Gasteiger partial charge >= 0.3 is 5.97 Å². The molecule has 1 amide bonds. The fourth-order valence-electron chi connectivity index (χ4n) is 1.28. The molecule has 0 bridgehead atoms. The molecule has 0 radical (unpaired) electrons. The first kappa shape index (κ1) is 14.4. The van der Waals surface area contributed by atoms with Gasteiger partial charge in [0.15, 0.2) is 0 Å². The first-order chi connectivity index (χ1) is 8.32. The molecule has 0 saturated heterocycles. The summed E-state index contributed by atoms with van der Waals surface area (Å²) >= 11 is 5.60. The molecule has 4 nitrogen and oxygen atoms in total. The van der Waals surface area contributed by atoms with Gasteiger partial charge in [-0.15, -0.1) is 0 Å². The Bertz CT molecular complexity index is 488. The summed E-state index contributed by atoms with van der Waals surface area (Å²) in [5.74, 6) is -2.34. The van der Waals surface area contributed by atoms with E-state index in [1.54, 1.807) is 13.8 Å². The minimum Gasteiger partial charge on any atom is -0.478 e. The van der Waals surface area contributed by atoms with Crippen molar-refractivity contribution in [2.75, 3.05) is 0 Å². The maximum absolute atomic E-state index is 13.5. The minimum absolute atomic E-state index is 0.0692. The van der Waals surface area contributed by atoms with Gasteiger partial charge in [0.25, 0.3) is 0 Å². The number of rotatable bonds is 4. The molecule has 1 rings (SSSR count). The van der Waals surface area contributed by atoms with E-state index in [4.69, 9.17) is 16.7 Å². The molecule has 18 heavy (non-hydrogen) atoms. The summed E-state index contributed by atoms with van der Waals surface area (Å²) in [5, 5.41) is 11.2. The van der Waals surface area contributed by atoms with Gasteiger partial charge in [0, 0.05) is 18.0 Å². The molecule has 0 aliphatic rings. The van der Waals surface area contributed by atoms with E-state index in [0.29, 0.717) is 0 Å². The molecule has 0 atom stereocenters. The Morgan fingerprint density at radius 2 is 2.06 bits per heavy atom. The van der Waals surface area contributed by atoms with Crippen LogP contribution >= 0.6 is 11.6 Å². The van der Waals surface area contributed by atoms with E-state index in [0.717, 1.165) is 12.1 Å². The van der Waals surface area contributed by atoms with Crippen LogP contribution in [0.1, 0.15) is 29.8 Å². The van der Waals surface area contributed by atoms with Gasteiger partial charge in [-0.3, -0.25) is 4.79 Å². The van der Waals surface area contributed by atoms with Crippen molar-refractivity contribution in [1.82, 2.24) is 5.32 Å². The Balaban J connectivity index is 2.92. The Morgan fingerprint density at radius 3 is 2.56 bits per heavy atom. The third-order valence-corrected chi connectivity index (χ3v) is 2.66. The first-order valence-electron chi connectivity index (χ1n) is 5.32. The SMILES string of the molecule is CC(C)C(=O)NCc1cc(C(=O)O)c(Cl)cc1F. The number of hydrogen-bond donors (Lipinski definition) is 2. The Hall–Kier alpha value is -1.62. The van der Waals surface area contributed by atoms with Crippen LogP contribution < -0.4 is 5.32 Å². The average Bonchev–Trinajstić information content (AvgIpc) is 2.26. The number of benzene rings is 1. The number of aromatic carboxylic acids is 1. The molecule has 98 valence electrons. The zero-order valence-electron chi connectivity index (χ0n) is 9.96. The van der Waals surface area contributed by atoms with Crippen LogP contribution in [0.25, 0.3) is 0 Å². The molecule has 0 aliphatic carbocycles. The van der Waals surface area contributed by atoms with Crippen molar-refractivity contribution in [2.24, 2.45) is 5.92 Å². The van der Waals surface area contributed by atoms with Crippen molar-refractivity contribution in [3.63, 3.8) is 0 Å². The lowest BCUT2D eigenvalue weighted by atomic mass is 10.1. The number of carboxylic acids is 1. The van der Waals surface area contributed by atoms with E-state index in [2.05, 4.69) is 5.32 Å². The van der Waals surface area contributed by atoms with Crippen molar-refractivity contribution >= 4 is 23.5 Å². The highest BCUT2D eigenvalue weighted by Gasteiger charge is 2.15. The fourth-order valence-corrected chi connectivity index (χ4v) is 1.51. The van der Waals surface area contributed by atoms with Crippen LogP contribution in [-0.4, -0.2) is 17.0 Å². The second-order valence-electron chi connectivity index (χ2n) is 4.10. The van der Waals surface area contributed by atoms with Crippen molar-refractivity contribution < 1.29 is 19.1 Å². The van der Waals surface area contributed by atoms with Crippen molar-refractivity contribution in [3.05, 3.63) is 34.1 Å². The van der Waals surface area contributed by atoms with Crippen LogP contribution in [0, 0.1) is 11.7 Å². The Morgan fingerprint density at radius 1 is 1.44 bits per heavy atom. The lowest BCUT2D eigenvalue weighted by Gasteiger charge is -2.10. The van der Waals surface area contributed by atoms with Crippen LogP contribution in [0.4, 0.5) is 4.39 Å². The largest absolute Gasteiger partial charge is 0.478 e. The van der Waals surface area contributed by atoms with E-state index >= 15 is 0 Å². The molecule has 0 aromatic heterocycles. The van der Waals surface area contributed by atoms with Gasteiger partial charge in [-0.05, 0) is 12.1 Å². The summed E-state index contributed by atoms with van der Waals surface area (Å²) in [6.45, 7) is 3.34. The summed E-state index contributed by atoms with van der Waals surface area (Å²) in [6.07, 6.45) is 0. The second kappa shape index (κ2) is 5.82. The number of nitrogens with one attached hydrogen (secondary N) is 1. The number of carboxylic acid groups (broad SMARTS) is 1. The smallest absolute Gasteiger partial charge is 0.337 e. The minimum atomic E-state index is -1.24. The Labute approximate surface area is 109 Å². The van der Waals surface area contributed by atoms with Gasteiger partial charge in [-0.1, -0.05) is 25.4 Å². The molecular weight excluding hydrogens is 261 g/mol. The van der Waals surface area contributed by atoms with Gasteiger partial charge < -0.3 is 10.4 Å². The van der Waals surface area contributed by atoms with E-state index in [1.807, 2.05) is 0 Å². The second-order valence-corrected chi connectivity index (χ2v) is 4.51. The topological polar surface area (TPSA) is 66.4 Å². The normalized spacial score (nSPS) is 10.5. The molecule has 0 saturated carbocycles. The summed E-state index contributed by atoms with van der Waals surface area (Å²) in [6, 6.07) is 2.06. The van der Waals surface area contributed by atoms with Gasteiger partial charge in [0.05, 0.1) is 10.6 Å². The number of carbonyl (C=O) groups excluding carboxylic acids is 1. The number of halogens is 2. The molecule has 1 aromatic rings. The fraction of sp³-hybridized carbons (Fsp3) is 0.333. The van der Waals surface area contributed by atoms with E-state index in [1.165, 1.54) is 0 Å². The monoisotopic (exact) mass is 273 g/mol. The van der Waals surface area contributed by atoms with Gasteiger partial charge in [0.2, 0.25) is 5.91 Å². The number of amides is 1. The lowest BCUT2D eigenvalue weighted by Crippen LogP contribution is -2.27. The van der Waals surface area contributed by atoms with E-state index in [-0.39, 0.29) is 34.5 Å². The summed E-state index contributed by atoms with van der Waals surface area (Å²) in [7, 11) is 0. The molecular formula is C12H13ClFNO3. The van der Waals surface area contributed by atoms with E-state index in [9.17, 15) is 14.0 Å². The maximum atomic E-state index is 13.5. The van der Waals surface area contributed by atoms with Gasteiger partial charge in [0.1, 0.15) is 5.82 Å². The van der Waals surface area contributed by atoms with Crippen molar-refractivity contribution in [1.29, 1.82) is 0 Å². The van der Waals surface area contributed by atoms with Crippen LogP contribution in [0.2, 0.25) is 5.02 Å². The molecule has 0 heterocycles. The highest BCUT2D eigenvalue weighted by molar-refractivity contribution is 6.33. The molecule has 6 heteroatoms. The van der Waals surface area contributed by atoms with Crippen LogP contribution in [0.5, 0.6) is 0 Å². The number of carbonyl (C=O) groups is 2. The van der Waals surface area contributed by atoms with Crippen LogP contribution in [0.15, 0.2) is 12.1 Å². The molecule has 0 aliphatic heterocycles. The first-order valence-corrected chi connectivity index (χ1v) is 5.69. The van der Waals surface area contributed by atoms with E-state index < -0.39 is 11.8 Å². The summed E-state index contributed by atoms with van der Waals surface area (Å²) < 4.78 is 13.5. The summed E-state index contributed by atoms with van der Waals surface area (Å²) in [4.78, 5) is 22.2. The van der Waals surface area contributed by atoms with Crippen LogP contribution in [0.3, 0.4) is 0 Å². The average molecular weight is 274 g/mol. The molecule has 0 unspecified atom stereocenters. The number of hydrogen-bond acceptors (Lipinski definition) is 2. The zero-order chi connectivity index (χ0) is 13.9. The highest BCUT2D eigenvalue weighted by atomic mass is 35.5. The standard InChI is InChI=1S/C12H13ClFNO3/c1-6(2)11(16)15-5-7-3-8(12(17)18)9(13)4-10(7)14/h3-4,6H,5H2,1-2H3,(H,15,16)(H,17,18). The molecule has 2 N–H and O–H groups in total. The predicted octanol–water partition coefficient (Wildman–Crippen LogP) is 2.45. The Kier molecular flexibility index (Phi) is 4.67. The zero-order valence-corrected chi connectivity index (χ0v) is 10.7. The van der Waals surface area contributed by atoms with Gasteiger partial charge in [-0.2, -0.15) is 0 Å². The van der Waals surface area contributed by atoms with Crippen molar-refractivity contribution in [3.8, 4) is 0 Å². The lowest BCUT2D eigenvalue weighted by molar-refractivity contribution is -0.124. The van der Waals surface area contributed by atoms with Gasteiger partial charge in [-0.25, -0.2) is 9.18 Å². The molecule has 0 fully saturated rings. The molecule has 1 aromatic carbocycles. The quantitative estimate of drug-likeness (QED) is 0.885.